The molecule has 0 aliphatic carbocycles. The van der Waals surface area contributed by atoms with Crippen LogP contribution in [-0.2, 0) is 26.2 Å². The Labute approximate surface area is 154 Å². The number of fused-ring (bicyclic) bond motifs is 2. The van der Waals surface area contributed by atoms with Crippen molar-refractivity contribution in [3.8, 4) is 0 Å². The summed E-state index contributed by atoms with van der Waals surface area (Å²) in [6.07, 6.45) is 0. The first-order valence-electron chi connectivity index (χ1n) is 7.85. The molecule has 0 saturated carbocycles. The predicted molar refractivity (Wildman–Crippen MR) is 94.3 cm³/mol. The Kier molecular flexibility index (Phi) is 12.3. The summed E-state index contributed by atoms with van der Waals surface area (Å²) in [7, 11) is 9.59. The Balaban J connectivity index is 0.000000816. The molecule has 1 aromatic heterocycles. The Morgan fingerprint density at radius 2 is 1.39 bits per heavy atom. The maximum absolute atomic E-state index is 4.80. The minimum absolute atomic E-state index is 0.00694. The van der Waals surface area contributed by atoms with Crippen LogP contribution in [0.1, 0.15) is 25.2 Å². The van der Waals surface area contributed by atoms with Crippen LogP contribution in [0, 0.1) is 0 Å². The van der Waals surface area contributed by atoms with Gasteiger partial charge in [-0.3, -0.25) is 4.98 Å². The van der Waals surface area contributed by atoms with Gasteiger partial charge in [0.15, 0.2) is 0 Å². The van der Waals surface area contributed by atoms with Gasteiger partial charge in [0.05, 0.1) is 11.4 Å². The quantitative estimate of drug-likeness (QED) is 0.496. The van der Waals surface area contributed by atoms with Crippen LogP contribution in [-0.4, -0.2) is 43.2 Å². The van der Waals surface area contributed by atoms with Crippen LogP contribution in [0.4, 0.5) is 0 Å². The van der Waals surface area contributed by atoms with E-state index in [0.717, 1.165) is 50.7 Å². The van der Waals surface area contributed by atoms with Gasteiger partial charge in [-0.05, 0) is 26.0 Å². The first-order valence-corrected chi connectivity index (χ1v) is 11.1. The standard InChI is InChI=1S/C15H27N5.2ClH.Mn/c1-12-8-16-10-14-4-3-5-15(20-14)11-17-9-13(2)19-7-6-18-12;;;/h3-5,12-13,16-19H,6-11H2,1-2H3;2*1H;/q;;;+2/p-2/t12-,13-;;;/m0.../s1. The fourth-order valence-corrected chi connectivity index (χ4v) is 2.34. The first-order chi connectivity index (χ1) is 11.2. The van der Waals surface area contributed by atoms with Crippen molar-refractivity contribution in [2.75, 3.05) is 26.2 Å². The van der Waals surface area contributed by atoms with E-state index in [-0.39, 0.29) is 13.1 Å². The molecule has 0 spiro atoms. The van der Waals surface area contributed by atoms with Crippen molar-refractivity contribution in [3.63, 3.8) is 0 Å². The van der Waals surface area contributed by atoms with E-state index < -0.39 is 0 Å². The monoisotopic (exact) mass is 402 g/mol. The summed E-state index contributed by atoms with van der Waals surface area (Å²) in [5, 5.41) is 13.9. The van der Waals surface area contributed by atoms with E-state index in [1.54, 1.807) is 0 Å². The number of nitrogens with one attached hydrogen (secondary N) is 4. The second-order valence-electron chi connectivity index (χ2n) is 5.65. The second-order valence-corrected chi connectivity index (χ2v) is 7.60. The molecule has 4 N–H and O–H groups in total. The summed E-state index contributed by atoms with van der Waals surface area (Å²) >= 11 is 0.00694. The first kappa shape index (κ1) is 21.1. The Morgan fingerprint density at radius 1 is 0.957 bits per heavy atom. The van der Waals surface area contributed by atoms with E-state index in [9.17, 15) is 0 Å². The topological polar surface area (TPSA) is 61.0 Å². The average molecular weight is 403 g/mol. The van der Waals surface area contributed by atoms with Crippen molar-refractivity contribution < 1.29 is 13.1 Å². The van der Waals surface area contributed by atoms with Gasteiger partial charge in [-0.1, -0.05) is 6.07 Å². The van der Waals surface area contributed by atoms with Crippen molar-refractivity contribution in [3.05, 3.63) is 29.6 Å². The third-order valence-electron chi connectivity index (χ3n) is 3.49. The number of nitrogens with zero attached hydrogens (tertiary/aromatic N) is 1. The molecule has 5 nitrogen and oxygen atoms in total. The van der Waals surface area contributed by atoms with Gasteiger partial charge in [0.25, 0.3) is 0 Å². The van der Waals surface area contributed by atoms with Gasteiger partial charge < -0.3 is 21.3 Å². The molecule has 23 heavy (non-hydrogen) atoms. The molecule has 1 aliphatic heterocycles. The number of pyridine rings is 1. The molecule has 2 bridgehead atoms. The third kappa shape index (κ3) is 10.5. The van der Waals surface area contributed by atoms with E-state index >= 15 is 0 Å². The van der Waals surface area contributed by atoms with Crippen LogP contribution in [0.2, 0.25) is 0 Å². The van der Waals surface area contributed by atoms with Crippen molar-refractivity contribution in [1.29, 1.82) is 0 Å². The zero-order valence-corrected chi connectivity index (χ0v) is 16.4. The maximum atomic E-state index is 4.80. The average Bonchev–Trinajstić information content (AvgIpc) is 2.52. The van der Waals surface area contributed by atoms with Crippen molar-refractivity contribution >= 4 is 20.2 Å². The number of rotatable bonds is 0. The van der Waals surface area contributed by atoms with Gasteiger partial charge in [-0.25, -0.2) is 0 Å². The Bertz CT molecular complexity index is 391. The molecule has 0 aromatic carbocycles. The summed E-state index contributed by atoms with van der Waals surface area (Å²) in [6, 6.07) is 7.19. The predicted octanol–water partition coefficient (Wildman–Crippen LogP) is 1.61. The fourth-order valence-electron chi connectivity index (χ4n) is 2.34. The Morgan fingerprint density at radius 3 is 1.83 bits per heavy atom. The van der Waals surface area contributed by atoms with Gasteiger partial charge in [0.1, 0.15) is 0 Å². The molecular weight excluding hydrogens is 376 g/mol. The van der Waals surface area contributed by atoms with Gasteiger partial charge in [-0.2, -0.15) is 0 Å². The van der Waals surface area contributed by atoms with Crippen LogP contribution in [0.5, 0.6) is 0 Å². The van der Waals surface area contributed by atoms with Gasteiger partial charge in [-0.15, -0.1) is 0 Å². The molecule has 1 aliphatic rings. The number of aromatic nitrogens is 1. The zero-order chi connectivity index (χ0) is 16.9. The van der Waals surface area contributed by atoms with Crippen LogP contribution >= 0.6 is 20.2 Å². The number of halogens is 2. The Hall–Kier alpha value is 0.0895. The molecule has 8 heteroatoms. The van der Waals surface area contributed by atoms with Crippen molar-refractivity contribution in [1.82, 2.24) is 26.3 Å². The molecule has 0 fully saturated rings. The molecule has 0 radical (unpaired) electrons. The molecule has 0 unspecified atom stereocenters. The third-order valence-corrected chi connectivity index (χ3v) is 3.49. The number of hydrogen-bond acceptors (Lipinski definition) is 5. The minimum atomic E-state index is 0.00694. The second kappa shape index (κ2) is 13.4. The van der Waals surface area contributed by atoms with Crippen LogP contribution < -0.4 is 21.3 Å². The molecular formula is C15H27Cl2MnN5. The van der Waals surface area contributed by atoms with E-state index in [4.69, 9.17) is 20.2 Å². The van der Waals surface area contributed by atoms with Crippen LogP contribution in [0.15, 0.2) is 18.2 Å². The van der Waals surface area contributed by atoms with Gasteiger partial charge in [0, 0.05) is 51.4 Å². The van der Waals surface area contributed by atoms with E-state index in [2.05, 4.69) is 58.3 Å². The van der Waals surface area contributed by atoms with Gasteiger partial charge >= 0.3 is 33.3 Å². The fraction of sp³-hybridized carbons (Fsp3) is 0.667. The summed E-state index contributed by atoms with van der Waals surface area (Å²) in [6.45, 7) is 9.99. The van der Waals surface area contributed by atoms with Crippen molar-refractivity contribution in [2.45, 2.75) is 39.0 Å². The van der Waals surface area contributed by atoms with E-state index in [1.807, 2.05) is 0 Å². The summed E-state index contributed by atoms with van der Waals surface area (Å²) in [5.74, 6) is 0. The summed E-state index contributed by atoms with van der Waals surface area (Å²) in [5.41, 5.74) is 2.22. The van der Waals surface area contributed by atoms with Crippen LogP contribution in [0.25, 0.3) is 0 Å². The van der Waals surface area contributed by atoms with E-state index in [1.165, 1.54) is 0 Å². The molecule has 2 heterocycles. The SMILES string of the molecule is C[C@H]1CNCc2cccc(n2)CNC[C@H](C)NCCN1.[Cl][Mn][Cl]. The van der Waals surface area contributed by atoms with Crippen molar-refractivity contribution in [2.24, 2.45) is 0 Å². The summed E-state index contributed by atoms with van der Waals surface area (Å²) < 4.78 is 0. The zero-order valence-electron chi connectivity index (χ0n) is 13.7. The molecule has 0 amide bonds. The normalized spacial score (nSPS) is 23.8. The molecule has 2 atom stereocenters. The molecule has 1 aromatic rings. The van der Waals surface area contributed by atoms with Gasteiger partial charge in [0.2, 0.25) is 0 Å². The molecule has 2 rings (SSSR count). The van der Waals surface area contributed by atoms with Crippen LogP contribution in [0.3, 0.4) is 0 Å². The van der Waals surface area contributed by atoms with E-state index in [0.29, 0.717) is 12.1 Å². The summed E-state index contributed by atoms with van der Waals surface area (Å²) in [4.78, 5) is 4.67. The molecule has 133 valence electrons. The molecule has 0 saturated heterocycles. The number of hydrogen-bond donors (Lipinski definition) is 4.